The van der Waals surface area contributed by atoms with Gasteiger partial charge in [-0.1, -0.05) is 0 Å². The number of hydrogen-bond acceptors (Lipinski definition) is 5. The molecule has 0 unspecified atom stereocenters. The molecule has 0 aromatic heterocycles. The number of aliphatic hydroxyl groups is 4. The lowest BCUT2D eigenvalue weighted by Gasteiger charge is -2.13. The van der Waals surface area contributed by atoms with E-state index >= 15 is 0 Å². The van der Waals surface area contributed by atoms with Crippen molar-refractivity contribution >= 4 is 0 Å². The Morgan fingerprint density at radius 3 is 2.10 bits per heavy atom. The molecule has 4 N–H and O–H groups in total. The maximum Gasteiger partial charge on any atom is 0.346 e. The van der Waals surface area contributed by atoms with Gasteiger partial charge in [0.25, 0.3) is 0 Å². The van der Waals surface area contributed by atoms with Crippen molar-refractivity contribution in [3.63, 3.8) is 0 Å². The van der Waals surface area contributed by atoms with Crippen LogP contribution in [0, 0.1) is 6.29 Å². The van der Waals surface area contributed by atoms with Crippen LogP contribution in [0.3, 0.4) is 0 Å². The van der Waals surface area contributed by atoms with E-state index in [1.165, 1.54) is 0 Å². The molecular weight excluding hydrogens is 140 g/mol. The van der Waals surface area contributed by atoms with E-state index < -0.39 is 23.6 Å². The highest BCUT2D eigenvalue weighted by atomic mass is 16.6. The molecule has 0 bridgehead atoms. The third-order valence-electron chi connectivity index (χ3n) is 0.952. The molecule has 1 aliphatic heterocycles. The zero-order valence-corrected chi connectivity index (χ0v) is 4.77. The van der Waals surface area contributed by atoms with Crippen molar-refractivity contribution in [2.24, 2.45) is 0 Å². The van der Waals surface area contributed by atoms with Gasteiger partial charge in [0.05, 0.1) is 0 Å². The third-order valence-corrected chi connectivity index (χ3v) is 0.952. The van der Waals surface area contributed by atoms with Gasteiger partial charge in [-0.3, -0.25) is 0 Å². The van der Waals surface area contributed by atoms with Crippen LogP contribution in [0.1, 0.15) is 0 Å². The fraction of sp³-hybridized carbons (Fsp3) is 0. The van der Waals surface area contributed by atoms with E-state index in [0.717, 1.165) is 0 Å². The lowest BCUT2D eigenvalue weighted by atomic mass is 10.3. The second kappa shape index (κ2) is 2.11. The number of aliphatic hydroxyl groups excluding tert-OH is 4. The fourth-order valence-electron chi connectivity index (χ4n) is 0.446. The zero-order chi connectivity index (χ0) is 7.72. The monoisotopic (exact) mass is 145 g/mol. The highest BCUT2D eigenvalue weighted by Crippen LogP contribution is 2.21. The van der Waals surface area contributed by atoms with Crippen molar-refractivity contribution in [1.82, 2.24) is 0 Å². The molecule has 0 aromatic rings. The Bertz CT molecular complexity index is 204. The molecule has 1 aliphatic rings. The highest BCUT2D eigenvalue weighted by Gasteiger charge is 2.25. The highest BCUT2D eigenvalue weighted by molar-refractivity contribution is 5.27. The van der Waals surface area contributed by atoms with Gasteiger partial charge in [-0.05, 0) is 0 Å². The summed E-state index contributed by atoms with van der Waals surface area (Å²) < 4.78 is 4.17. The normalized spacial score (nSPS) is 20.3. The Morgan fingerprint density at radius 1 is 1.00 bits per heavy atom. The Balaban J connectivity index is 2.94. The average molecular weight is 145 g/mol. The van der Waals surface area contributed by atoms with E-state index in [9.17, 15) is 0 Å². The SMILES string of the molecule is O[C]1OC=C(O)C(O)=C1O. The first-order chi connectivity index (χ1) is 4.63. The number of hydrogen-bond donors (Lipinski definition) is 4. The van der Waals surface area contributed by atoms with Crippen LogP contribution in [0.25, 0.3) is 0 Å². The summed E-state index contributed by atoms with van der Waals surface area (Å²) in [7, 11) is 0. The Labute approximate surface area is 56.1 Å². The van der Waals surface area contributed by atoms with E-state index in [1.807, 2.05) is 0 Å². The van der Waals surface area contributed by atoms with E-state index in [2.05, 4.69) is 4.74 Å². The predicted molar refractivity (Wildman–Crippen MR) is 29.3 cm³/mol. The minimum absolute atomic E-state index is 0.629. The largest absolute Gasteiger partial charge is 0.503 e. The fourth-order valence-corrected chi connectivity index (χ4v) is 0.446. The number of rotatable bonds is 0. The molecule has 1 rings (SSSR count). The van der Waals surface area contributed by atoms with Gasteiger partial charge in [0.2, 0.25) is 11.5 Å². The number of ether oxygens (including phenoxy) is 1. The summed E-state index contributed by atoms with van der Waals surface area (Å²) in [5.41, 5.74) is 0. The van der Waals surface area contributed by atoms with Crippen LogP contribution in [0.5, 0.6) is 0 Å². The lowest BCUT2D eigenvalue weighted by Crippen LogP contribution is -2.11. The summed E-state index contributed by atoms with van der Waals surface area (Å²) in [4.78, 5) is 0. The summed E-state index contributed by atoms with van der Waals surface area (Å²) in [6.45, 7) is 0. The van der Waals surface area contributed by atoms with Gasteiger partial charge < -0.3 is 25.2 Å². The molecule has 0 atom stereocenters. The Hall–Kier alpha value is -1.36. The molecule has 1 heterocycles. The van der Waals surface area contributed by atoms with Gasteiger partial charge in [0, 0.05) is 0 Å². The van der Waals surface area contributed by atoms with Crippen molar-refractivity contribution in [3.8, 4) is 0 Å². The molecule has 0 fully saturated rings. The molecule has 1 radical (unpaired) electrons. The van der Waals surface area contributed by atoms with Crippen molar-refractivity contribution in [2.75, 3.05) is 0 Å². The Kier molecular flexibility index (Phi) is 1.42. The molecule has 0 saturated heterocycles. The van der Waals surface area contributed by atoms with E-state index in [4.69, 9.17) is 20.4 Å². The standard InChI is InChI=1S/C5H5O5/c6-2-1-10-5(9)4(8)3(2)7/h1,6-9H. The first kappa shape index (κ1) is 6.76. The zero-order valence-electron chi connectivity index (χ0n) is 4.77. The molecule has 5 nitrogen and oxygen atoms in total. The van der Waals surface area contributed by atoms with Crippen LogP contribution < -0.4 is 0 Å². The van der Waals surface area contributed by atoms with Gasteiger partial charge in [-0.15, -0.1) is 0 Å². The van der Waals surface area contributed by atoms with Gasteiger partial charge >= 0.3 is 6.29 Å². The van der Waals surface area contributed by atoms with Gasteiger partial charge in [-0.25, -0.2) is 0 Å². The second-order valence-corrected chi connectivity index (χ2v) is 1.62. The summed E-state index contributed by atoms with van der Waals surface area (Å²) in [5.74, 6) is -2.31. The molecule has 0 aliphatic carbocycles. The quantitative estimate of drug-likeness (QED) is 0.401. The topological polar surface area (TPSA) is 90.2 Å². The maximum absolute atomic E-state index is 8.67. The molecule has 5 heteroatoms. The van der Waals surface area contributed by atoms with Gasteiger partial charge in [0.1, 0.15) is 6.26 Å². The molecule has 0 saturated carbocycles. The van der Waals surface area contributed by atoms with Crippen molar-refractivity contribution in [2.45, 2.75) is 0 Å². The molecule has 0 amide bonds. The summed E-state index contributed by atoms with van der Waals surface area (Å²) in [6.07, 6.45) is -0.139. The molecule has 0 spiro atoms. The van der Waals surface area contributed by atoms with Crippen LogP contribution in [0.15, 0.2) is 23.5 Å². The summed E-state index contributed by atoms with van der Waals surface area (Å²) in [6, 6.07) is 0. The van der Waals surface area contributed by atoms with Crippen molar-refractivity contribution in [1.29, 1.82) is 0 Å². The van der Waals surface area contributed by atoms with Crippen LogP contribution >= 0.6 is 0 Å². The van der Waals surface area contributed by atoms with E-state index in [0.29, 0.717) is 6.26 Å². The Morgan fingerprint density at radius 2 is 1.60 bits per heavy atom. The van der Waals surface area contributed by atoms with Crippen molar-refractivity contribution in [3.05, 3.63) is 29.8 Å². The van der Waals surface area contributed by atoms with Crippen LogP contribution in [-0.4, -0.2) is 20.4 Å². The molecule has 10 heavy (non-hydrogen) atoms. The summed E-state index contributed by atoms with van der Waals surface area (Å²) in [5, 5.41) is 34.4. The molecule has 0 aromatic carbocycles. The summed E-state index contributed by atoms with van der Waals surface area (Å²) >= 11 is 0. The average Bonchev–Trinajstić information content (AvgIpc) is 1.93. The van der Waals surface area contributed by atoms with Crippen molar-refractivity contribution < 1.29 is 25.2 Å². The predicted octanol–water partition coefficient (Wildman–Crippen LogP) is 0.606. The van der Waals surface area contributed by atoms with Gasteiger partial charge in [-0.2, -0.15) is 0 Å². The van der Waals surface area contributed by atoms with Crippen LogP contribution in [0.4, 0.5) is 0 Å². The first-order valence-electron chi connectivity index (χ1n) is 2.37. The lowest BCUT2D eigenvalue weighted by molar-refractivity contribution is 0.0364. The molecular formula is C5H5O5. The smallest absolute Gasteiger partial charge is 0.346 e. The minimum Gasteiger partial charge on any atom is -0.503 e. The molecule has 55 valence electrons. The minimum atomic E-state index is -0.875. The first-order valence-corrected chi connectivity index (χ1v) is 2.37. The van der Waals surface area contributed by atoms with Gasteiger partial charge in [0.15, 0.2) is 5.76 Å². The van der Waals surface area contributed by atoms with E-state index in [1.54, 1.807) is 0 Å². The van der Waals surface area contributed by atoms with E-state index in [-0.39, 0.29) is 0 Å². The second-order valence-electron chi connectivity index (χ2n) is 1.62. The van der Waals surface area contributed by atoms with Crippen LogP contribution in [0.2, 0.25) is 0 Å². The third kappa shape index (κ3) is 0.863. The maximum atomic E-state index is 8.67. The van der Waals surface area contributed by atoms with Crippen LogP contribution in [-0.2, 0) is 4.74 Å².